The first-order chi connectivity index (χ1) is 12.1. The van der Waals surface area contributed by atoms with Gasteiger partial charge < -0.3 is 15.8 Å². The van der Waals surface area contributed by atoms with Crippen molar-refractivity contribution in [2.45, 2.75) is 38.6 Å². The standard InChI is InChI=1S/C18H25N5O2.ClH/c1-12-17(18(24)20-16-6-4-3-5-13(16)11-19)21-22-23(12)14-7-9-15(25-2)10-8-14;/h7-10,13,16H,3-6,11,19H2,1-2H3,(H,20,24);1H. The second-order valence-electron chi connectivity index (χ2n) is 6.49. The number of nitrogens with two attached hydrogens (primary N) is 1. The van der Waals surface area contributed by atoms with Gasteiger partial charge >= 0.3 is 0 Å². The molecule has 0 radical (unpaired) electrons. The van der Waals surface area contributed by atoms with Gasteiger partial charge in [0.1, 0.15) is 5.75 Å². The van der Waals surface area contributed by atoms with Crippen LogP contribution in [0.5, 0.6) is 5.75 Å². The van der Waals surface area contributed by atoms with Crippen LogP contribution in [0.25, 0.3) is 5.69 Å². The quantitative estimate of drug-likeness (QED) is 0.830. The molecule has 1 aliphatic rings. The number of aromatic nitrogens is 3. The predicted octanol–water partition coefficient (Wildman–Crippen LogP) is 2.25. The van der Waals surface area contributed by atoms with E-state index < -0.39 is 0 Å². The van der Waals surface area contributed by atoms with E-state index in [4.69, 9.17) is 10.5 Å². The molecule has 8 heteroatoms. The van der Waals surface area contributed by atoms with Crippen molar-refractivity contribution >= 4 is 18.3 Å². The van der Waals surface area contributed by atoms with E-state index in [2.05, 4.69) is 15.6 Å². The van der Waals surface area contributed by atoms with Crippen LogP contribution in [0.3, 0.4) is 0 Å². The van der Waals surface area contributed by atoms with Crippen LogP contribution in [0, 0.1) is 12.8 Å². The molecule has 1 aliphatic carbocycles. The monoisotopic (exact) mass is 379 g/mol. The number of methoxy groups -OCH3 is 1. The van der Waals surface area contributed by atoms with Crippen LogP contribution in [0.15, 0.2) is 24.3 Å². The van der Waals surface area contributed by atoms with Gasteiger partial charge in [0.15, 0.2) is 5.69 Å². The molecule has 1 aromatic carbocycles. The molecule has 26 heavy (non-hydrogen) atoms. The molecule has 3 rings (SSSR count). The summed E-state index contributed by atoms with van der Waals surface area (Å²) in [4.78, 5) is 12.7. The maximum absolute atomic E-state index is 12.7. The van der Waals surface area contributed by atoms with Crippen molar-refractivity contribution in [3.63, 3.8) is 0 Å². The number of carbonyl (C=O) groups excluding carboxylic acids is 1. The summed E-state index contributed by atoms with van der Waals surface area (Å²) in [6.45, 7) is 2.45. The van der Waals surface area contributed by atoms with Crippen molar-refractivity contribution < 1.29 is 9.53 Å². The number of ether oxygens (including phenoxy) is 1. The highest BCUT2D eigenvalue weighted by atomic mass is 35.5. The largest absolute Gasteiger partial charge is 0.497 e. The zero-order valence-corrected chi connectivity index (χ0v) is 16.0. The van der Waals surface area contributed by atoms with Gasteiger partial charge in [0.25, 0.3) is 5.91 Å². The Hall–Kier alpha value is -2.12. The highest BCUT2D eigenvalue weighted by Gasteiger charge is 2.27. The molecule has 142 valence electrons. The van der Waals surface area contributed by atoms with Crippen molar-refractivity contribution in [2.24, 2.45) is 11.7 Å². The van der Waals surface area contributed by atoms with Gasteiger partial charge in [-0.1, -0.05) is 18.1 Å². The van der Waals surface area contributed by atoms with Crippen molar-refractivity contribution in [1.82, 2.24) is 20.3 Å². The van der Waals surface area contributed by atoms with Crippen LogP contribution in [0.1, 0.15) is 41.9 Å². The van der Waals surface area contributed by atoms with Crippen molar-refractivity contribution in [1.29, 1.82) is 0 Å². The number of halogens is 1. The van der Waals surface area contributed by atoms with E-state index in [0.717, 1.165) is 30.7 Å². The first kappa shape index (κ1) is 20.2. The molecule has 2 aromatic rings. The summed E-state index contributed by atoms with van der Waals surface area (Å²) in [5.74, 6) is 0.932. The number of rotatable bonds is 5. The van der Waals surface area contributed by atoms with Gasteiger partial charge in [-0.3, -0.25) is 4.79 Å². The van der Waals surface area contributed by atoms with Crippen molar-refractivity contribution in [3.05, 3.63) is 35.7 Å². The Kier molecular flexibility index (Phi) is 6.99. The highest BCUT2D eigenvalue weighted by molar-refractivity contribution is 5.93. The minimum atomic E-state index is -0.178. The zero-order chi connectivity index (χ0) is 17.8. The minimum absolute atomic E-state index is 0. The SMILES string of the molecule is COc1ccc(-n2nnc(C(=O)NC3CCCCC3CN)c2C)cc1.Cl. The molecule has 2 atom stereocenters. The van der Waals surface area contributed by atoms with Gasteiger partial charge in [-0.2, -0.15) is 0 Å². The van der Waals surface area contributed by atoms with Crippen LogP contribution < -0.4 is 15.8 Å². The summed E-state index contributed by atoms with van der Waals surface area (Å²) in [5.41, 5.74) is 7.75. The summed E-state index contributed by atoms with van der Waals surface area (Å²) in [6.07, 6.45) is 4.35. The summed E-state index contributed by atoms with van der Waals surface area (Å²) >= 11 is 0. The van der Waals surface area contributed by atoms with Crippen LogP contribution in [-0.4, -0.2) is 40.6 Å². The summed E-state index contributed by atoms with van der Waals surface area (Å²) < 4.78 is 6.83. The van der Waals surface area contributed by atoms with E-state index in [0.29, 0.717) is 23.9 Å². The Morgan fingerprint density at radius 1 is 1.31 bits per heavy atom. The average Bonchev–Trinajstić information content (AvgIpc) is 3.03. The third-order valence-electron chi connectivity index (χ3n) is 4.95. The van der Waals surface area contributed by atoms with E-state index in [1.807, 2.05) is 31.2 Å². The number of nitrogens with one attached hydrogen (secondary N) is 1. The lowest BCUT2D eigenvalue weighted by Crippen LogP contribution is -2.45. The first-order valence-electron chi connectivity index (χ1n) is 8.71. The molecule has 0 spiro atoms. The lowest BCUT2D eigenvalue weighted by atomic mass is 9.84. The third kappa shape index (κ3) is 4.16. The Labute approximate surface area is 159 Å². The molecule has 1 aromatic heterocycles. The van der Waals surface area contributed by atoms with E-state index in [1.165, 1.54) is 6.42 Å². The Balaban J connectivity index is 0.00000243. The van der Waals surface area contributed by atoms with Gasteiger partial charge in [-0.05, 0) is 56.5 Å². The Bertz CT molecular complexity index is 732. The highest BCUT2D eigenvalue weighted by Crippen LogP contribution is 2.24. The number of hydrogen-bond donors (Lipinski definition) is 2. The molecule has 7 nitrogen and oxygen atoms in total. The van der Waals surface area contributed by atoms with Crippen molar-refractivity contribution in [2.75, 3.05) is 13.7 Å². The van der Waals surface area contributed by atoms with Crippen LogP contribution in [-0.2, 0) is 0 Å². The van der Waals surface area contributed by atoms with E-state index in [1.54, 1.807) is 11.8 Å². The van der Waals surface area contributed by atoms with Gasteiger partial charge in [0.2, 0.25) is 0 Å². The molecule has 1 saturated carbocycles. The number of hydrogen-bond acceptors (Lipinski definition) is 5. The summed E-state index contributed by atoms with van der Waals surface area (Å²) in [6, 6.07) is 7.59. The van der Waals surface area contributed by atoms with E-state index in [9.17, 15) is 4.79 Å². The number of nitrogens with zero attached hydrogens (tertiary/aromatic N) is 3. The number of carbonyl (C=O) groups is 1. The van der Waals surface area contributed by atoms with E-state index in [-0.39, 0.29) is 24.4 Å². The third-order valence-corrected chi connectivity index (χ3v) is 4.95. The first-order valence-corrected chi connectivity index (χ1v) is 8.71. The maximum Gasteiger partial charge on any atom is 0.273 e. The second-order valence-corrected chi connectivity index (χ2v) is 6.49. The molecular formula is C18H26ClN5O2. The van der Waals surface area contributed by atoms with Gasteiger partial charge in [0.05, 0.1) is 18.5 Å². The lowest BCUT2D eigenvalue weighted by molar-refractivity contribution is 0.0902. The molecule has 0 bridgehead atoms. The van der Waals surface area contributed by atoms with Gasteiger partial charge in [-0.25, -0.2) is 4.68 Å². The molecule has 1 heterocycles. The average molecular weight is 380 g/mol. The van der Waals surface area contributed by atoms with Crippen LogP contribution in [0.2, 0.25) is 0 Å². The molecule has 0 saturated heterocycles. The summed E-state index contributed by atoms with van der Waals surface area (Å²) in [5, 5.41) is 11.3. The van der Waals surface area contributed by atoms with Crippen molar-refractivity contribution in [3.8, 4) is 11.4 Å². The number of amides is 1. The van der Waals surface area contributed by atoms with Crippen LogP contribution >= 0.6 is 12.4 Å². The zero-order valence-electron chi connectivity index (χ0n) is 15.1. The maximum atomic E-state index is 12.7. The number of benzene rings is 1. The molecule has 1 fully saturated rings. The smallest absolute Gasteiger partial charge is 0.273 e. The molecule has 0 aliphatic heterocycles. The van der Waals surface area contributed by atoms with Crippen LogP contribution in [0.4, 0.5) is 0 Å². The molecule has 3 N–H and O–H groups in total. The molecular weight excluding hydrogens is 354 g/mol. The second kappa shape index (κ2) is 9.00. The van der Waals surface area contributed by atoms with E-state index >= 15 is 0 Å². The Morgan fingerprint density at radius 3 is 2.65 bits per heavy atom. The summed E-state index contributed by atoms with van der Waals surface area (Å²) in [7, 11) is 1.62. The Morgan fingerprint density at radius 2 is 2.00 bits per heavy atom. The topological polar surface area (TPSA) is 95.1 Å². The molecule has 1 amide bonds. The normalized spacial score (nSPS) is 19.5. The fraction of sp³-hybridized carbons (Fsp3) is 0.500. The molecule has 2 unspecified atom stereocenters. The fourth-order valence-electron chi connectivity index (χ4n) is 3.42. The fourth-order valence-corrected chi connectivity index (χ4v) is 3.42. The predicted molar refractivity (Wildman–Crippen MR) is 102 cm³/mol. The minimum Gasteiger partial charge on any atom is -0.497 e. The van der Waals surface area contributed by atoms with Gasteiger partial charge in [-0.15, -0.1) is 17.5 Å². The lowest BCUT2D eigenvalue weighted by Gasteiger charge is -2.31. The van der Waals surface area contributed by atoms with Gasteiger partial charge in [0, 0.05) is 6.04 Å².